The summed E-state index contributed by atoms with van der Waals surface area (Å²) in [5.74, 6) is 2.28. The van der Waals surface area contributed by atoms with Gasteiger partial charge in [-0.15, -0.1) is 0 Å². The van der Waals surface area contributed by atoms with Gasteiger partial charge in [0.15, 0.2) is 0 Å². The summed E-state index contributed by atoms with van der Waals surface area (Å²) in [6, 6.07) is 0. The molecule has 0 N–H and O–H groups in total. The van der Waals surface area contributed by atoms with E-state index >= 15 is 0 Å². The Balaban J connectivity index is 3.25. The maximum absolute atomic E-state index is 2.36. The average molecular weight is 206 g/mol. The monoisotopic (exact) mass is 206 g/mol. The standard InChI is InChI=1S/C10H15.CH3.Fe/c1-6-7(2)9(4)10(5)8(6)3;;/h1-5H3;1H3;. The van der Waals surface area contributed by atoms with E-state index in [9.17, 15) is 0 Å². The summed E-state index contributed by atoms with van der Waals surface area (Å²) in [7, 11) is 0. The first-order valence-corrected chi connectivity index (χ1v) is 5.94. The van der Waals surface area contributed by atoms with E-state index in [1.807, 2.05) is 0 Å². The summed E-state index contributed by atoms with van der Waals surface area (Å²) in [5.41, 5.74) is 6.16. The van der Waals surface area contributed by atoms with Crippen LogP contribution in [0.15, 0.2) is 22.3 Å². The van der Waals surface area contributed by atoms with Gasteiger partial charge in [-0.2, -0.15) is 0 Å². The Morgan fingerprint density at radius 1 is 0.917 bits per heavy atom. The summed E-state index contributed by atoms with van der Waals surface area (Å²) in [6.07, 6.45) is 0. The first-order valence-electron chi connectivity index (χ1n) is 4.28. The maximum atomic E-state index is 2.36. The van der Waals surface area contributed by atoms with Crippen LogP contribution in [0.5, 0.6) is 0 Å². The molecule has 0 saturated heterocycles. The van der Waals surface area contributed by atoms with E-state index < -0.39 is 0 Å². The van der Waals surface area contributed by atoms with Crippen LogP contribution in [0, 0.1) is 0 Å². The first kappa shape index (κ1) is 10.1. The minimum absolute atomic E-state index is 0.355. The summed E-state index contributed by atoms with van der Waals surface area (Å²) in [4.78, 5) is 0. The predicted molar refractivity (Wildman–Crippen MR) is 51.0 cm³/mol. The molecule has 1 aliphatic carbocycles. The van der Waals surface area contributed by atoms with Crippen LogP contribution in [0.25, 0.3) is 0 Å². The van der Waals surface area contributed by atoms with Gasteiger partial charge in [-0.25, -0.2) is 0 Å². The van der Waals surface area contributed by atoms with Crippen LogP contribution < -0.4 is 0 Å². The molecule has 70 valence electrons. The fourth-order valence-electron chi connectivity index (χ4n) is 1.80. The Morgan fingerprint density at radius 3 is 1.42 bits per heavy atom. The molecule has 0 unspecified atom stereocenters. The van der Waals surface area contributed by atoms with E-state index in [2.05, 4.69) is 40.4 Å². The van der Waals surface area contributed by atoms with Gasteiger partial charge in [0.1, 0.15) is 0 Å². The molecule has 0 radical (unpaired) electrons. The number of rotatable bonds is 1. The number of allylic oxidation sites excluding steroid dienone is 4. The Morgan fingerprint density at radius 2 is 1.25 bits per heavy atom. The first-order chi connectivity index (χ1) is 5.45. The van der Waals surface area contributed by atoms with Crippen LogP contribution in [0.1, 0.15) is 34.6 Å². The SMILES string of the molecule is [CH3][Fe][C]1(C)C(C)=C(C)C(C)=C1C. The van der Waals surface area contributed by atoms with E-state index in [0.29, 0.717) is 4.31 Å². The van der Waals surface area contributed by atoms with Crippen molar-refractivity contribution in [3.05, 3.63) is 22.3 Å². The summed E-state index contributed by atoms with van der Waals surface area (Å²) in [6.45, 7) is 11.4. The third-order valence-electron chi connectivity index (χ3n) is 3.43. The van der Waals surface area contributed by atoms with Gasteiger partial charge in [-0.05, 0) is 0 Å². The van der Waals surface area contributed by atoms with Crippen molar-refractivity contribution in [2.45, 2.75) is 44.8 Å². The molecule has 0 saturated carbocycles. The van der Waals surface area contributed by atoms with Crippen molar-refractivity contribution >= 4 is 0 Å². The molecule has 0 spiro atoms. The fraction of sp³-hybridized carbons (Fsp3) is 0.636. The molecule has 0 fully saturated rings. The van der Waals surface area contributed by atoms with Crippen molar-refractivity contribution in [2.75, 3.05) is 0 Å². The molecule has 0 atom stereocenters. The quantitative estimate of drug-likeness (QED) is 0.569. The molecule has 0 aromatic rings. The molecule has 0 aliphatic heterocycles. The molecule has 0 aromatic carbocycles. The van der Waals surface area contributed by atoms with Gasteiger partial charge < -0.3 is 0 Å². The molecule has 12 heavy (non-hydrogen) atoms. The fourth-order valence-corrected chi connectivity index (χ4v) is 3.05. The van der Waals surface area contributed by atoms with E-state index in [1.165, 1.54) is 26.1 Å². The van der Waals surface area contributed by atoms with Crippen molar-refractivity contribution in [3.8, 4) is 0 Å². The topological polar surface area (TPSA) is 0 Å². The van der Waals surface area contributed by atoms with Gasteiger partial charge in [-0.3, -0.25) is 0 Å². The van der Waals surface area contributed by atoms with E-state index in [0.717, 1.165) is 0 Å². The van der Waals surface area contributed by atoms with E-state index in [1.54, 1.807) is 11.1 Å². The number of hydrogen-bond acceptors (Lipinski definition) is 0. The van der Waals surface area contributed by atoms with Crippen LogP contribution in [0.3, 0.4) is 0 Å². The Labute approximate surface area is 82.3 Å². The molecule has 0 heterocycles. The van der Waals surface area contributed by atoms with E-state index in [4.69, 9.17) is 0 Å². The number of hydrogen-bond donors (Lipinski definition) is 0. The van der Waals surface area contributed by atoms with Crippen molar-refractivity contribution in [1.29, 1.82) is 0 Å². The van der Waals surface area contributed by atoms with Crippen molar-refractivity contribution < 1.29 is 15.0 Å². The second kappa shape index (κ2) is 3.05. The Bertz CT molecular complexity index is 245. The molecule has 0 nitrogen and oxygen atoms in total. The predicted octanol–water partition coefficient (Wildman–Crippen LogP) is 3.98. The van der Waals surface area contributed by atoms with Gasteiger partial charge in [0.2, 0.25) is 0 Å². The van der Waals surface area contributed by atoms with Crippen LogP contribution in [-0.2, 0) is 15.0 Å². The zero-order valence-electron chi connectivity index (χ0n) is 8.85. The Hall–Kier alpha value is -0.000519. The molecule has 1 aliphatic rings. The minimum atomic E-state index is 0.355. The van der Waals surface area contributed by atoms with Gasteiger partial charge in [0.05, 0.1) is 0 Å². The molecule has 1 rings (SSSR count). The van der Waals surface area contributed by atoms with Crippen molar-refractivity contribution in [1.82, 2.24) is 0 Å². The molecule has 0 amide bonds. The molecule has 1 heteroatoms. The van der Waals surface area contributed by atoms with Crippen LogP contribution in [0.4, 0.5) is 0 Å². The second-order valence-electron chi connectivity index (χ2n) is 3.66. The third kappa shape index (κ3) is 1.11. The normalized spacial score (nSPS) is 22.8. The zero-order valence-corrected chi connectivity index (χ0v) is 9.96. The van der Waals surface area contributed by atoms with Gasteiger partial charge in [0, 0.05) is 0 Å². The van der Waals surface area contributed by atoms with Crippen LogP contribution in [0.2, 0.25) is 10.1 Å². The third-order valence-corrected chi connectivity index (χ3v) is 5.36. The zero-order chi connectivity index (χ0) is 9.52. The van der Waals surface area contributed by atoms with Gasteiger partial charge >= 0.3 is 82.0 Å². The van der Waals surface area contributed by atoms with Crippen LogP contribution >= 0.6 is 0 Å². The average Bonchev–Trinajstić information content (AvgIpc) is 2.22. The molecular weight excluding hydrogens is 188 g/mol. The van der Waals surface area contributed by atoms with Crippen molar-refractivity contribution in [3.63, 3.8) is 0 Å². The van der Waals surface area contributed by atoms with Gasteiger partial charge in [0.25, 0.3) is 0 Å². The Kier molecular flexibility index (Phi) is 2.56. The van der Waals surface area contributed by atoms with E-state index in [-0.39, 0.29) is 0 Å². The molecule has 0 aromatic heterocycles. The summed E-state index contributed by atoms with van der Waals surface area (Å²) >= 11 is 1.22. The summed E-state index contributed by atoms with van der Waals surface area (Å²) < 4.78 is 0.355. The summed E-state index contributed by atoms with van der Waals surface area (Å²) in [5, 5.41) is 0. The molecule has 0 bridgehead atoms. The van der Waals surface area contributed by atoms with Crippen LogP contribution in [-0.4, -0.2) is 0 Å². The van der Waals surface area contributed by atoms with Crippen molar-refractivity contribution in [2.24, 2.45) is 0 Å². The second-order valence-corrected chi connectivity index (χ2v) is 5.31. The van der Waals surface area contributed by atoms with Gasteiger partial charge in [-0.1, -0.05) is 0 Å². The molecular formula is C11H18Fe.